The predicted octanol–water partition coefficient (Wildman–Crippen LogP) is 1.78. The average Bonchev–Trinajstić information content (AvgIpc) is 2.83. The lowest BCUT2D eigenvalue weighted by Gasteiger charge is -2.14. The van der Waals surface area contributed by atoms with Gasteiger partial charge in [-0.2, -0.15) is 5.26 Å². The fourth-order valence-corrected chi connectivity index (χ4v) is 2.03. The van der Waals surface area contributed by atoms with Crippen LogP contribution >= 0.6 is 0 Å². The highest BCUT2D eigenvalue weighted by molar-refractivity contribution is 5.95. The normalized spacial score (nSPS) is 10.0. The van der Waals surface area contributed by atoms with E-state index in [2.05, 4.69) is 0 Å². The zero-order valence-corrected chi connectivity index (χ0v) is 12.1. The van der Waals surface area contributed by atoms with Crippen LogP contribution in [0.2, 0.25) is 0 Å². The minimum Gasteiger partial charge on any atom is -0.464 e. The first kappa shape index (κ1) is 14.5. The molecular formula is C15H16N4O2. The Kier molecular flexibility index (Phi) is 3.85. The lowest BCUT2D eigenvalue weighted by atomic mass is 10.2. The molecule has 0 saturated carbocycles. The van der Waals surface area contributed by atoms with Crippen molar-refractivity contribution in [2.45, 2.75) is 0 Å². The highest BCUT2D eigenvalue weighted by Gasteiger charge is 2.21. The number of nitriles is 1. The molecule has 0 fully saturated rings. The van der Waals surface area contributed by atoms with Gasteiger partial charge in [0.05, 0.1) is 18.4 Å². The number of rotatable bonds is 3. The average molecular weight is 284 g/mol. The molecule has 1 aromatic heterocycles. The molecule has 2 rings (SSSR count). The summed E-state index contributed by atoms with van der Waals surface area (Å²) < 4.78 is 6.31. The standard InChI is InChI=1S/C15H16N4O2/c1-18(2)11-4-6-12(7-5-11)19-9-10(8-16)13(17)14(19)15(20)21-3/h4-7,9H,17H2,1-3H3. The van der Waals surface area contributed by atoms with Gasteiger partial charge < -0.3 is 19.9 Å². The quantitative estimate of drug-likeness (QED) is 0.868. The van der Waals surface area contributed by atoms with E-state index < -0.39 is 5.97 Å². The Balaban J connectivity index is 2.58. The number of carbonyl (C=O) groups is 1. The van der Waals surface area contributed by atoms with Gasteiger partial charge in [-0.3, -0.25) is 0 Å². The number of aromatic nitrogens is 1. The Bertz CT molecular complexity index is 709. The summed E-state index contributed by atoms with van der Waals surface area (Å²) in [6, 6.07) is 9.50. The molecule has 2 N–H and O–H groups in total. The zero-order valence-electron chi connectivity index (χ0n) is 12.1. The zero-order chi connectivity index (χ0) is 15.6. The van der Waals surface area contributed by atoms with Crippen molar-refractivity contribution in [3.05, 3.63) is 41.7 Å². The van der Waals surface area contributed by atoms with Gasteiger partial charge in [-0.25, -0.2) is 4.79 Å². The number of ether oxygens (including phenoxy) is 1. The number of methoxy groups -OCH3 is 1. The second-order valence-corrected chi connectivity index (χ2v) is 4.69. The van der Waals surface area contributed by atoms with Crippen LogP contribution in [0.1, 0.15) is 16.1 Å². The number of esters is 1. The molecule has 0 aliphatic rings. The van der Waals surface area contributed by atoms with E-state index in [1.807, 2.05) is 49.3 Å². The molecule has 6 heteroatoms. The van der Waals surface area contributed by atoms with Crippen molar-refractivity contribution in [2.75, 3.05) is 31.8 Å². The Morgan fingerprint density at radius 2 is 1.95 bits per heavy atom. The van der Waals surface area contributed by atoms with Crippen LogP contribution in [-0.4, -0.2) is 31.7 Å². The summed E-state index contributed by atoms with van der Waals surface area (Å²) in [4.78, 5) is 13.9. The molecule has 2 aromatic rings. The summed E-state index contributed by atoms with van der Waals surface area (Å²) in [5, 5.41) is 9.07. The summed E-state index contributed by atoms with van der Waals surface area (Å²) in [5.74, 6) is -0.578. The molecule has 0 amide bonds. The number of benzene rings is 1. The minimum atomic E-state index is -0.578. The number of nitrogen functional groups attached to an aromatic ring is 1. The fraction of sp³-hybridized carbons (Fsp3) is 0.200. The predicted molar refractivity (Wildman–Crippen MR) is 80.6 cm³/mol. The lowest BCUT2D eigenvalue weighted by Crippen LogP contribution is -2.11. The molecule has 0 unspecified atom stereocenters. The molecule has 0 saturated heterocycles. The molecule has 0 radical (unpaired) electrons. The second-order valence-electron chi connectivity index (χ2n) is 4.69. The number of hydrogen-bond donors (Lipinski definition) is 1. The van der Waals surface area contributed by atoms with E-state index in [0.717, 1.165) is 11.4 Å². The molecular weight excluding hydrogens is 268 g/mol. The maximum atomic E-state index is 11.9. The van der Waals surface area contributed by atoms with Gasteiger partial charge in [0.1, 0.15) is 6.07 Å². The minimum absolute atomic E-state index is 0.126. The van der Waals surface area contributed by atoms with Crippen molar-refractivity contribution in [1.82, 2.24) is 4.57 Å². The van der Waals surface area contributed by atoms with Gasteiger partial charge in [-0.05, 0) is 24.3 Å². The molecule has 0 aliphatic carbocycles. The van der Waals surface area contributed by atoms with Gasteiger partial charge in [0.2, 0.25) is 0 Å². The maximum Gasteiger partial charge on any atom is 0.357 e. The van der Waals surface area contributed by atoms with Crippen LogP contribution in [0, 0.1) is 11.3 Å². The maximum absolute atomic E-state index is 11.9. The monoisotopic (exact) mass is 284 g/mol. The van der Waals surface area contributed by atoms with E-state index in [9.17, 15) is 4.79 Å². The lowest BCUT2D eigenvalue weighted by molar-refractivity contribution is 0.0593. The van der Waals surface area contributed by atoms with Crippen LogP contribution in [0.4, 0.5) is 11.4 Å². The molecule has 108 valence electrons. The second kappa shape index (κ2) is 5.59. The van der Waals surface area contributed by atoms with E-state index in [4.69, 9.17) is 15.7 Å². The van der Waals surface area contributed by atoms with Crippen molar-refractivity contribution >= 4 is 17.3 Å². The molecule has 21 heavy (non-hydrogen) atoms. The first-order valence-electron chi connectivity index (χ1n) is 6.26. The fourth-order valence-electron chi connectivity index (χ4n) is 2.03. The molecule has 0 spiro atoms. The number of hydrogen-bond acceptors (Lipinski definition) is 5. The van der Waals surface area contributed by atoms with Gasteiger partial charge in [-0.1, -0.05) is 0 Å². The van der Waals surface area contributed by atoms with E-state index in [-0.39, 0.29) is 16.9 Å². The van der Waals surface area contributed by atoms with Crippen LogP contribution in [0.5, 0.6) is 0 Å². The Hall–Kier alpha value is -2.94. The third-order valence-electron chi connectivity index (χ3n) is 3.19. The van der Waals surface area contributed by atoms with Crippen molar-refractivity contribution in [1.29, 1.82) is 5.26 Å². The van der Waals surface area contributed by atoms with Gasteiger partial charge >= 0.3 is 5.97 Å². The summed E-state index contributed by atoms with van der Waals surface area (Å²) in [7, 11) is 5.16. The van der Waals surface area contributed by atoms with Gasteiger partial charge in [0, 0.05) is 31.7 Å². The summed E-state index contributed by atoms with van der Waals surface area (Å²) in [6.07, 6.45) is 1.53. The largest absolute Gasteiger partial charge is 0.464 e. The van der Waals surface area contributed by atoms with Crippen LogP contribution in [0.15, 0.2) is 30.5 Å². The first-order valence-corrected chi connectivity index (χ1v) is 6.26. The van der Waals surface area contributed by atoms with Crippen molar-refractivity contribution in [3.8, 4) is 11.8 Å². The van der Waals surface area contributed by atoms with Gasteiger partial charge in [0.15, 0.2) is 5.69 Å². The van der Waals surface area contributed by atoms with Crippen LogP contribution in [-0.2, 0) is 4.74 Å². The molecule has 0 aliphatic heterocycles. The van der Waals surface area contributed by atoms with Crippen molar-refractivity contribution in [2.24, 2.45) is 0 Å². The van der Waals surface area contributed by atoms with E-state index in [1.165, 1.54) is 13.3 Å². The molecule has 6 nitrogen and oxygen atoms in total. The number of carbonyl (C=O) groups excluding carboxylic acids is 1. The number of nitrogens with zero attached hydrogens (tertiary/aromatic N) is 3. The smallest absolute Gasteiger partial charge is 0.357 e. The van der Waals surface area contributed by atoms with Crippen molar-refractivity contribution in [3.63, 3.8) is 0 Å². The number of nitrogens with two attached hydrogens (primary N) is 1. The summed E-state index contributed by atoms with van der Waals surface area (Å²) >= 11 is 0. The van der Waals surface area contributed by atoms with E-state index >= 15 is 0 Å². The van der Waals surface area contributed by atoms with Gasteiger partial charge in [-0.15, -0.1) is 0 Å². The molecule has 0 atom stereocenters. The van der Waals surface area contributed by atoms with E-state index in [0.29, 0.717) is 0 Å². The summed E-state index contributed by atoms with van der Waals surface area (Å²) in [6.45, 7) is 0. The van der Waals surface area contributed by atoms with Crippen molar-refractivity contribution < 1.29 is 9.53 Å². The molecule has 0 bridgehead atoms. The summed E-state index contributed by atoms with van der Waals surface area (Å²) in [5.41, 5.74) is 8.14. The van der Waals surface area contributed by atoms with Crippen LogP contribution in [0.3, 0.4) is 0 Å². The van der Waals surface area contributed by atoms with E-state index in [1.54, 1.807) is 4.57 Å². The Morgan fingerprint density at radius 3 is 2.43 bits per heavy atom. The Labute approximate surface area is 122 Å². The third-order valence-corrected chi connectivity index (χ3v) is 3.19. The highest BCUT2D eigenvalue weighted by Crippen LogP contribution is 2.25. The topological polar surface area (TPSA) is 84.3 Å². The van der Waals surface area contributed by atoms with Crippen LogP contribution in [0.25, 0.3) is 5.69 Å². The molecule has 1 aromatic carbocycles. The first-order chi connectivity index (χ1) is 9.99. The molecule has 1 heterocycles. The van der Waals surface area contributed by atoms with Gasteiger partial charge in [0.25, 0.3) is 0 Å². The Morgan fingerprint density at radius 1 is 1.33 bits per heavy atom. The highest BCUT2D eigenvalue weighted by atomic mass is 16.5. The van der Waals surface area contributed by atoms with Crippen LogP contribution < -0.4 is 10.6 Å². The SMILES string of the molecule is COC(=O)c1c(N)c(C#N)cn1-c1ccc(N(C)C)cc1. The third kappa shape index (κ3) is 2.54. The number of anilines is 2.